The lowest BCUT2D eigenvalue weighted by molar-refractivity contribution is 0.471. The largest absolute Gasteiger partial charge is 0.457 e. The minimum atomic E-state index is -0.600. The number of aromatic nitrogens is 2. The molecule has 0 spiro atoms. The maximum atomic E-state index is 12.5. The van der Waals surface area contributed by atoms with Crippen molar-refractivity contribution in [1.82, 2.24) is 9.13 Å². The molecule has 0 amide bonds. The highest BCUT2D eigenvalue weighted by Crippen LogP contribution is 2.25. The van der Waals surface area contributed by atoms with Crippen molar-refractivity contribution in [2.75, 3.05) is 0 Å². The molecular formula is C20H17N3O3. The van der Waals surface area contributed by atoms with Gasteiger partial charge in [0.05, 0.1) is 6.54 Å². The molecule has 0 aliphatic carbocycles. The highest BCUT2D eigenvalue weighted by molar-refractivity contribution is 5.38. The molecule has 130 valence electrons. The molecule has 0 aliphatic rings. The number of hydrogen-bond acceptors (Lipinski definition) is 4. The Bertz CT molecular complexity index is 1080. The van der Waals surface area contributed by atoms with Gasteiger partial charge >= 0.3 is 5.69 Å². The molecule has 0 N–H and O–H groups in total. The number of ether oxygens (including phenoxy) is 1. The molecule has 0 aliphatic heterocycles. The summed E-state index contributed by atoms with van der Waals surface area (Å²) in [7, 11) is 0. The summed E-state index contributed by atoms with van der Waals surface area (Å²) >= 11 is 0. The van der Waals surface area contributed by atoms with E-state index in [1.165, 1.54) is 10.8 Å². The smallest absolute Gasteiger partial charge is 0.331 e. The molecule has 0 radical (unpaired) electrons. The van der Waals surface area contributed by atoms with Crippen LogP contribution in [-0.2, 0) is 13.1 Å². The van der Waals surface area contributed by atoms with Crippen LogP contribution in [0.15, 0.2) is 70.4 Å². The van der Waals surface area contributed by atoms with Crippen LogP contribution in [0.2, 0.25) is 0 Å². The molecule has 0 saturated heterocycles. The molecule has 3 aromatic rings. The van der Waals surface area contributed by atoms with Gasteiger partial charge in [0.2, 0.25) is 0 Å². The van der Waals surface area contributed by atoms with E-state index in [0.717, 1.165) is 4.57 Å². The van der Waals surface area contributed by atoms with Gasteiger partial charge in [0.1, 0.15) is 23.1 Å². The molecule has 3 rings (SSSR count). The summed E-state index contributed by atoms with van der Waals surface area (Å²) < 4.78 is 8.30. The number of rotatable bonds is 5. The number of aryl methyl sites for hydroxylation is 1. The summed E-state index contributed by atoms with van der Waals surface area (Å²) in [4.78, 5) is 25.0. The third kappa shape index (κ3) is 3.42. The third-order valence-corrected chi connectivity index (χ3v) is 3.97. The highest BCUT2D eigenvalue weighted by Gasteiger charge is 2.13. The van der Waals surface area contributed by atoms with E-state index in [9.17, 15) is 9.59 Å². The van der Waals surface area contributed by atoms with Gasteiger partial charge in [-0.25, -0.2) is 4.79 Å². The summed E-state index contributed by atoms with van der Waals surface area (Å²) in [5, 5.41) is 9.17. The van der Waals surface area contributed by atoms with Crippen molar-refractivity contribution in [3.05, 3.63) is 92.8 Å². The lowest BCUT2D eigenvalue weighted by atomic mass is 10.2. The van der Waals surface area contributed by atoms with E-state index in [-0.39, 0.29) is 12.1 Å². The zero-order chi connectivity index (χ0) is 18.5. The lowest BCUT2D eigenvalue weighted by Crippen LogP contribution is -2.41. The quantitative estimate of drug-likeness (QED) is 0.711. The minimum Gasteiger partial charge on any atom is -0.457 e. The van der Waals surface area contributed by atoms with Crippen molar-refractivity contribution in [1.29, 1.82) is 5.26 Å². The fraction of sp³-hybridized carbons (Fsp3) is 0.150. The monoisotopic (exact) mass is 347 g/mol. The maximum Gasteiger partial charge on any atom is 0.331 e. The Labute approximate surface area is 150 Å². The van der Waals surface area contributed by atoms with E-state index >= 15 is 0 Å². The Morgan fingerprint density at radius 3 is 2.42 bits per heavy atom. The highest BCUT2D eigenvalue weighted by atomic mass is 16.5. The summed E-state index contributed by atoms with van der Waals surface area (Å²) in [6, 6.07) is 18.3. The molecule has 0 atom stereocenters. The Balaban J connectivity index is 2.05. The van der Waals surface area contributed by atoms with Crippen LogP contribution in [0.4, 0.5) is 0 Å². The van der Waals surface area contributed by atoms with E-state index in [0.29, 0.717) is 23.6 Å². The standard InChI is InChI=1S/C20H17N3O3/c1-2-22-13-16(12-21)19(24)23(20(22)25)14-15-8-6-7-11-18(15)26-17-9-4-3-5-10-17/h3-11,13H,2,14H2,1H3. The molecule has 0 saturated carbocycles. The van der Waals surface area contributed by atoms with Crippen LogP contribution in [0.5, 0.6) is 11.5 Å². The topological polar surface area (TPSA) is 77.0 Å². The summed E-state index contributed by atoms with van der Waals surface area (Å²) in [5.41, 5.74) is -0.441. The van der Waals surface area contributed by atoms with Crippen LogP contribution in [0, 0.1) is 11.3 Å². The number of benzene rings is 2. The second-order valence-electron chi connectivity index (χ2n) is 5.64. The summed E-state index contributed by atoms with van der Waals surface area (Å²) in [5.74, 6) is 1.21. The first-order valence-electron chi connectivity index (χ1n) is 8.19. The minimum absolute atomic E-state index is 0.0240. The summed E-state index contributed by atoms with van der Waals surface area (Å²) in [6.07, 6.45) is 1.30. The van der Waals surface area contributed by atoms with Crippen LogP contribution >= 0.6 is 0 Å². The summed E-state index contributed by atoms with van der Waals surface area (Å²) in [6.45, 7) is 2.18. The van der Waals surface area contributed by atoms with Crippen LogP contribution in [0.3, 0.4) is 0 Å². The number of hydrogen-bond donors (Lipinski definition) is 0. The predicted molar refractivity (Wildman–Crippen MR) is 97.4 cm³/mol. The van der Waals surface area contributed by atoms with E-state index in [2.05, 4.69) is 0 Å². The molecule has 0 bridgehead atoms. The first-order valence-corrected chi connectivity index (χ1v) is 8.19. The molecule has 0 unspecified atom stereocenters. The first kappa shape index (κ1) is 17.2. The van der Waals surface area contributed by atoms with E-state index in [4.69, 9.17) is 10.00 Å². The van der Waals surface area contributed by atoms with Gasteiger partial charge in [-0.3, -0.25) is 13.9 Å². The van der Waals surface area contributed by atoms with Gasteiger partial charge in [0.25, 0.3) is 5.56 Å². The zero-order valence-corrected chi connectivity index (χ0v) is 14.3. The third-order valence-electron chi connectivity index (χ3n) is 3.97. The normalized spacial score (nSPS) is 10.3. The van der Waals surface area contributed by atoms with E-state index < -0.39 is 11.2 Å². The van der Waals surface area contributed by atoms with Crippen molar-refractivity contribution < 1.29 is 4.74 Å². The SMILES string of the molecule is CCn1cc(C#N)c(=O)n(Cc2ccccc2Oc2ccccc2)c1=O. The molecule has 6 heteroatoms. The van der Waals surface area contributed by atoms with Gasteiger partial charge in [-0.15, -0.1) is 0 Å². The molecule has 6 nitrogen and oxygen atoms in total. The Morgan fingerprint density at radius 2 is 1.73 bits per heavy atom. The zero-order valence-electron chi connectivity index (χ0n) is 14.3. The van der Waals surface area contributed by atoms with Gasteiger partial charge in [0, 0.05) is 18.3 Å². The van der Waals surface area contributed by atoms with E-state index in [1.54, 1.807) is 19.1 Å². The molecule has 0 fully saturated rings. The van der Waals surface area contributed by atoms with Crippen molar-refractivity contribution in [2.24, 2.45) is 0 Å². The predicted octanol–water partition coefficient (Wildman–Crippen LogP) is 2.74. The van der Waals surface area contributed by atoms with Crippen LogP contribution < -0.4 is 16.0 Å². The molecule has 2 aromatic carbocycles. The van der Waals surface area contributed by atoms with Gasteiger partial charge in [-0.05, 0) is 25.1 Å². The van der Waals surface area contributed by atoms with Crippen LogP contribution in [0.1, 0.15) is 18.1 Å². The molecular weight excluding hydrogens is 330 g/mol. The molecule has 26 heavy (non-hydrogen) atoms. The Kier molecular flexibility index (Phi) is 4.99. The van der Waals surface area contributed by atoms with Gasteiger partial charge in [0.15, 0.2) is 0 Å². The second-order valence-corrected chi connectivity index (χ2v) is 5.64. The Morgan fingerprint density at radius 1 is 1.04 bits per heavy atom. The van der Waals surface area contributed by atoms with Crippen molar-refractivity contribution in [2.45, 2.75) is 20.0 Å². The Hall–Kier alpha value is -3.59. The fourth-order valence-corrected chi connectivity index (χ4v) is 2.62. The van der Waals surface area contributed by atoms with Crippen molar-refractivity contribution in [3.8, 4) is 17.6 Å². The van der Waals surface area contributed by atoms with Crippen molar-refractivity contribution in [3.63, 3.8) is 0 Å². The average Bonchev–Trinajstić information content (AvgIpc) is 2.67. The second kappa shape index (κ2) is 7.53. The van der Waals surface area contributed by atoms with Crippen LogP contribution in [-0.4, -0.2) is 9.13 Å². The molecule has 1 aromatic heterocycles. The van der Waals surface area contributed by atoms with Crippen molar-refractivity contribution >= 4 is 0 Å². The number of para-hydroxylation sites is 2. The number of nitrogens with zero attached hydrogens (tertiary/aromatic N) is 3. The average molecular weight is 347 g/mol. The van der Waals surface area contributed by atoms with E-state index in [1.807, 2.05) is 48.5 Å². The lowest BCUT2D eigenvalue weighted by Gasteiger charge is -2.13. The maximum absolute atomic E-state index is 12.5. The van der Waals surface area contributed by atoms with Crippen LogP contribution in [0.25, 0.3) is 0 Å². The van der Waals surface area contributed by atoms with Gasteiger partial charge < -0.3 is 4.74 Å². The van der Waals surface area contributed by atoms with Gasteiger partial charge in [-0.1, -0.05) is 36.4 Å². The molecule has 1 heterocycles. The number of nitriles is 1. The first-order chi connectivity index (χ1) is 12.6. The van der Waals surface area contributed by atoms with Gasteiger partial charge in [-0.2, -0.15) is 5.26 Å². The fourth-order valence-electron chi connectivity index (χ4n) is 2.62.